The maximum absolute atomic E-state index is 13.4. The van der Waals surface area contributed by atoms with E-state index in [4.69, 9.17) is 11.6 Å². The molecule has 5 nitrogen and oxygen atoms in total. The zero-order valence-electron chi connectivity index (χ0n) is 9.70. The van der Waals surface area contributed by atoms with E-state index in [9.17, 15) is 9.18 Å². The minimum Gasteiger partial charge on any atom is -0.355 e. The third-order valence-electron chi connectivity index (χ3n) is 2.01. The molecule has 0 spiro atoms. The van der Waals surface area contributed by atoms with Crippen LogP contribution < -0.4 is 10.2 Å². The van der Waals surface area contributed by atoms with Crippen LogP contribution in [0.5, 0.6) is 0 Å². The maximum atomic E-state index is 13.4. The topological polar surface area (TPSA) is 58.1 Å². The number of nitrogens with zero attached hydrogens (tertiary/aromatic N) is 3. The lowest BCUT2D eigenvalue weighted by molar-refractivity contribution is -0.119. The van der Waals surface area contributed by atoms with Crippen LogP contribution in [-0.2, 0) is 4.79 Å². The van der Waals surface area contributed by atoms with Gasteiger partial charge in [-0.05, 0) is 18.0 Å². The van der Waals surface area contributed by atoms with Gasteiger partial charge in [-0.15, -0.1) is 0 Å². The molecule has 1 amide bonds. The fraction of sp³-hybridized carbons (Fsp3) is 0.500. The van der Waals surface area contributed by atoms with Gasteiger partial charge in [-0.25, -0.2) is 9.37 Å². The number of carbonyl (C=O) groups excluding carboxylic acids is 1. The largest absolute Gasteiger partial charge is 0.355 e. The zero-order valence-corrected chi connectivity index (χ0v) is 10.5. The van der Waals surface area contributed by atoms with Crippen molar-refractivity contribution >= 4 is 23.3 Å². The van der Waals surface area contributed by atoms with Crippen molar-refractivity contribution in [1.82, 2.24) is 15.3 Å². The lowest BCUT2D eigenvalue weighted by Crippen LogP contribution is -2.36. The Morgan fingerprint density at radius 3 is 3.00 bits per heavy atom. The van der Waals surface area contributed by atoms with Crippen LogP contribution in [-0.4, -0.2) is 36.0 Å². The maximum Gasteiger partial charge on any atom is 0.239 e. The summed E-state index contributed by atoms with van der Waals surface area (Å²) in [7, 11) is 1.56. The number of hydrogen-bond acceptors (Lipinski definition) is 4. The molecule has 1 aromatic rings. The number of hydrogen-bond donors (Lipinski definition) is 1. The number of carbonyl (C=O) groups is 1. The molecule has 0 bridgehead atoms. The van der Waals surface area contributed by atoms with E-state index in [0.717, 1.165) is 12.6 Å². The Balaban J connectivity index is 2.66. The van der Waals surface area contributed by atoms with E-state index >= 15 is 0 Å². The fourth-order valence-electron chi connectivity index (χ4n) is 1.22. The van der Waals surface area contributed by atoms with Gasteiger partial charge in [0.1, 0.15) is 0 Å². The second-order valence-electron chi connectivity index (χ2n) is 3.52. The molecule has 0 radical (unpaired) electrons. The highest BCUT2D eigenvalue weighted by Crippen LogP contribution is 2.15. The highest BCUT2D eigenvalue weighted by molar-refractivity contribution is 6.28. The highest BCUT2D eigenvalue weighted by atomic mass is 35.5. The molecule has 1 N–H and O–H groups in total. The van der Waals surface area contributed by atoms with Crippen molar-refractivity contribution in [3.63, 3.8) is 0 Å². The number of rotatable bonds is 5. The Bertz CT molecular complexity index is 402. The summed E-state index contributed by atoms with van der Waals surface area (Å²) >= 11 is 5.56. The summed E-state index contributed by atoms with van der Waals surface area (Å²) in [6.45, 7) is 2.57. The first-order chi connectivity index (χ1) is 8.04. The fourth-order valence-corrected chi connectivity index (χ4v) is 1.34. The second-order valence-corrected chi connectivity index (χ2v) is 3.85. The van der Waals surface area contributed by atoms with Gasteiger partial charge < -0.3 is 10.2 Å². The van der Waals surface area contributed by atoms with Gasteiger partial charge in [-0.3, -0.25) is 4.79 Å². The summed E-state index contributed by atoms with van der Waals surface area (Å²) < 4.78 is 13.4. The van der Waals surface area contributed by atoms with Crippen molar-refractivity contribution in [2.45, 2.75) is 13.3 Å². The molecule has 0 saturated carbocycles. The van der Waals surface area contributed by atoms with Crippen LogP contribution in [0.2, 0.25) is 5.28 Å². The molecule has 94 valence electrons. The van der Waals surface area contributed by atoms with Gasteiger partial charge in [0.25, 0.3) is 0 Å². The Morgan fingerprint density at radius 2 is 2.35 bits per heavy atom. The van der Waals surface area contributed by atoms with E-state index in [1.165, 1.54) is 4.90 Å². The minimum atomic E-state index is -0.611. The molecular formula is C10H14ClFN4O. The minimum absolute atomic E-state index is 0.0108. The van der Waals surface area contributed by atoms with Crippen LogP contribution in [0, 0.1) is 5.82 Å². The van der Waals surface area contributed by atoms with E-state index in [-0.39, 0.29) is 23.6 Å². The van der Waals surface area contributed by atoms with Gasteiger partial charge >= 0.3 is 0 Å². The highest BCUT2D eigenvalue weighted by Gasteiger charge is 2.13. The summed E-state index contributed by atoms with van der Waals surface area (Å²) in [4.78, 5) is 20.0. The first-order valence-corrected chi connectivity index (χ1v) is 5.58. The van der Waals surface area contributed by atoms with Crippen LogP contribution in [0.3, 0.4) is 0 Å². The monoisotopic (exact) mass is 260 g/mol. The first kappa shape index (κ1) is 13.6. The van der Waals surface area contributed by atoms with Crippen molar-refractivity contribution in [2.24, 2.45) is 0 Å². The SMILES string of the molecule is CCCNC(=O)CN(C)c1nc(Cl)ncc1F. The molecule has 0 aliphatic rings. The number of likely N-dealkylation sites (N-methyl/N-ethyl adjacent to an activating group) is 1. The predicted molar refractivity (Wildman–Crippen MR) is 63.6 cm³/mol. The molecule has 0 fully saturated rings. The molecule has 1 heterocycles. The van der Waals surface area contributed by atoms with Gasteiger partial charge in [-0.2, -0.15) is 4.98 Å². The summed E-state index contributed by atoms with van der Waals surface area (Å²) in [6.07, 6.45) is 1.83. The van der Waals surface area contributed by atoms with Gasteiger partial charge in [0.15, 0.2) is 11.6 Å². The van der Waals surface area contributed by atoms with Gasteiger partial charge in [0, 0.05) is 13.6 Å². The van der Waals surface area contributed by atoms with E-state index in [1.807, 2.05) is 6.92 Å². The Kier molecular flexibility index (Phi) is 5.09. The second kappa shape index (κ2) is 6.34. The average molecular weight is 261 g/mol. The predicted octanol–water partition coefficient (Wildman–Crippen LogP) is 1.23. The van der Waals surface area contributed by atoms with Crippen LogP contribution in [0.4, 0.5) is 10.2 Å². The van der Waals surface area contributed by atoms with Crippen molar-refractivity contribution < 1.29 is 9.18 Å². The molecule has 0 aromatic carbocycles. The lowest BCUT2D eigenvalue weighted by atomic mass is 10.4. The Hall–Kier alpha value is -1.43. The molecule has 0 unspecified atom stereocenters. The summed E-state index contributed by atoms with van der Waals surface area (Å²) in [5.41, 5.74) is 0. The van der Waals surface area contributed by atoms with Gasteiger partial charge in [-0.1, -0.05) is 6.92 Å². The van der Waals surface area contributed by atoms with E-state index in [0.29, 0.717) is 6.54 Å². The summed E-state index contributed by atoms with van der Waals surface area (Å²) in [5, 5.41) is 2.63. The lowest BCUT2D eigenvalue weighted by Gasteiger charge is -2.17. The number of anilines is 1. The molecule has 1 rings (SSSR count). The third kappa shape index (κ3) is 4.14. The average Bonchev–Trinajstić information content (AvgIpc) is 2.29. The van der Waals surface area contributed by atoms with Crippen LogP contribution in [0.25, 0.3) is 0 Å². The van der Waals surface area contributed by atoms with E-state index < -0.39 is 5.82 Å². The smallest absolute Gasteiger partial charge is 0.239 e. The Morgan fingerprint density at radius 1 is 1.65 bits per heavy atom. The van der Waals surface area contributed by atoms with Gasteiger partial charge in [0.2, 0.25) is 11.2 Å². The van der Waals surface area contributed by atoms with Gasteiger partial charge in [0.05, 0.1) is 12.7 Å². The van der Waals surface area contributed by atoms with Crippen LogP contribution >= 0.6 is 11.6 Å². The van der Waals surface area contributed by atoms with E-state index in [2.05, 4.69) is 15.3 Å². The number of aromatic nitrogens is 2. The van der Waals surface area contributed by atoms with Crippen molar-refractivity contribution in [1.29, 1.82) is 0 Å². The normalized spacial score (nSPS) is 10.1. The molecule has 0 saturated heterocycles. The zero-order chi connectivity index (χ0) is 12.8. The number of halogens is 2. The third-order valence-corrected chi connectivity index (χ3v) is 2.19. The van der Waals surface area contributed by atoms with Crippen molar-refractivity contribution in [3.05, 3.63) is 17.3 Å². The molecule has 0 atom stereocenters. The quantitative estimate of drug-likeness (QED) is 0.809. The molecule has 7 heteroatoms. The molecule has 1 aromatic heterocycles. The number of nitrogens with one attached hydrogen (secondary N) is 1. The number of amides is 1. The molecule has 17 heavy (non-hydrogen) atoms. The molecular weight excluding hydrogens is 247 g/mol. The van der Waals surface area contributed by atoms with Crippen LogP contribution in [0.1, 0.15) is 13.3 Å². The molecule has 0 aliphatic carbocycles. The van der Waals surface area contributed by atoms with E-state index in [1.54, 1.807) is 7.05 Å². The Labute approximate surface area is 104 Å². The molecule has 0 aliphatic heterocycles. The summed E-state index contributed by atoms with van der Waals surface area (Å²) in [6, 6.07) is 0. The van der Waals surface area contributed by atoms with Crippen molar-refractivity contribution in [3.8, 4) is 0 Å². The summed E-state index contributed by atoms with van der Waals surface area (Å²) in [5.74, 6) is -0.791. The van der Waals surface area contributed by atoms with Crippen molar-refractivity contribution in [2.75, 3.05) is 25.0 Å². The van der Waals surface area contributed by atoms with Crippen LogP contribution in [0.15, 0.2) is 6.20 Å². The first-order valence-electron chi connectivity index (χ1n) is 5.20. The standard InChI is InChI=1S/C10H14ClFN4O/c1-3-4-13-8(17)6-16(2)9-7(12)5-14-10(11)15-9/h5H,3-4,6H2,1-2H3,(H,13,17).